The van der Waals surface area contributed by atoms with E-state index in [9.17, 15) is 9.59 Å². The Morgan fingerprint density at radius 2 is 1.59 bits per heavy atom. The van der Waals surface area contributed by atoms with Crippen molar-refractivity contribution < 1.29 is 28.5 Å². The fourth-order valence-electron chi connectivity index (χ4n) is 3.11. The number of ether oxygens (including phenoxy) is 4. The molecule has 0 aliphatic rings. The van der Waals surface area contributed by atoms with E-state index in [1.54, 1.807) is 19.1 Å². The molecule has 10 heteroatoms. The van der Waals surface area contributed by atoms with E-state index in [4.69, 9.17) is 31.2 Å². The quantitative estimate of drug-likeness (QED) is 0.319. The highest BCUT2D eigenvalue weighted by Gasteiger charge is 2.21. The second-order valence-electron chi connectivity index (χ2n) is 6.76. The van der Waals surface area contributed by atoms with Gasteiger partial charge in [0.2, 0.25) is 0 Å². The number of carbonyl (C=O) groups is 2. The van der Waals surface area contributed by atoms with Gasteiger partial charge in [-0.2, -0.15) is 0 Å². The maximum atomic E-state index is 12.6. The van der Waals surface area contributed by atoms with Gasteiger partial charge < -0.3 is 29.6 Å². The van der Waals surface area contributed by atoms with Gasteiger partial charge in [-0.05, 0) is 30.8 Å². The Morgan fingerprint density at radius 3 is 2.21 bits per heavy atom. The van der Waals surface area contributed by atoms with Gasteiger partial charge in [0.1, 0.15) is 5.00 Å². The molecule has 0 fully saturated rings. The molecule has 0 spiro atoms. The van der Waals surface area contributed by atoms with E-state index in [0.29, 0.717) is 27.8 Å². The van der Waals surface area contributed by atoms with E-state index in [1.807, 2.05) is 30.3 Å². The van der Waals surface area contributed by atoms with Gasteiger partial charge in [0.15, 0.2) is 16.6 Å². The van der Waals surface area contributed by atoms with Crippen molar-refractivity contribution in [3.05, 3.63) is 59.7 Å². The van der Waals surface area contributed by atoms with Crippen molar-refractivity contribution in [3.63, 3.8) is 0 Å². The van der Waals surface area contributed by atoms with Gasteiger partial charge in [-0.3, -0.25) is 0 Å². The first kappa shape index (κ1) is 25.0. The summed E-state index contributed by atoms with van der Waals surface area (Å²) in [6.07, 6.45) is 0. The summed E-state index contributed by atoms with van der Waals surface area (Å²) >= 11 is 6.84. The minimum absolute atomic E-state index is 0.157. The zero-order valence-electron chi connectivity index (χ0n) is 19.1. The Balaban J connectivity index is 1.93. The van der Waals surface area contributed by atoms with Crippen molar-refractivity contribution in [1.82, 2.24) is 0 Å². The normalized spacial score (nSPS) is 10.2. The first-order valence-corrected chi connectivity index (χ1v) is 11.4. The fraction of sp³-hybridized carbons (Fsp3) is 0.208. The number of hydrogen-bond acceptors (Lipinski definition) is 8. The summed E-state index contributed by atoms with van der Waals surface area (Å²) in [7, 11) is 4.23. The zero-order valence-corrected chi connectivity index (χ0v) is 20.7. The number of hydrogen-bond donors (Lipinski definition) is 2. The lowest BCUT2D eigenvalue weighted by Crippen LogP contribution is -2.22. The van der Waals surface area contributed by atoms with Crippen molar-refractivity contribution >= 4 is 51.3 Å². The van der Waals surface area contributed by atoms with Crippen LogP contribution >= 0.6 is 23.6 Å². The lowest BCUT2D eigenvalue weighted by Gasteiger charge is -2.16. The van der Waals surface area contributed by atoms with E-state index in [-0.39, 0.29) is 17.3 Å². The number of anilines is 2. The van der Waals surface area contributed by atoms with Crippen LogP contribution in [-0.2, 0) is 9.47 Å². The monoisotopic (exact) mass is 500 g/mol. The van der Waals surface area contributed by atoms with Crippen molar-refractivity contribution in [2.45, 2.75) is 6.92 Å². The molecule has 178 valence electrons. The number of nitrogens with one attached hydrogen (secondary N) is 2. The predicted octanol–water partition coefficient (Wildman–Crippen LogP) is 5.20. The number of methoxy groups -OCH3 is 3. The van der Waals surface area contributed by atoms with E-state index in [1.165, 1.54) is 38.7 Å². The number of carbonyl (C=O) groups excluding carboxylic acids is 2. The summed E-state index contributed by atoms with van der Waals surface area (Å²) in [5.74, 6) is -0.286. The Morgan fingerprint density at radius 1 is 0.912 bits per heavy atom. The molecule has 8 nitrogen and oxygen atoms in total. The molecule has 1 heterocycles. The first-order chi connectivity index (χ1) is 16.4. The SMILES string of the molecule is CCOC(=O)c1cc(-c2ccccc2)sc1NC(=S)Nc1cc(OC)c(OC)cc1C(=O)OC. The molecular formula is C24H24N2O6S2. The second-order valence-corrected chi connectivity index (χ2v) is 8.22. The molecular weight excluding hydrogens is 476 g/mol. The van der Waals surface area contributed by atoms with Crippen molar-refractivity contribution in [2.24, 2.45) is 0 Å². The summed E-state index contributed by atoms with van der Waals surface area (Å²) in [5, 5.41) is 6.70. The lowest BCUT2D eigenvalue weighted by atomic mass is 10.1. The third kappa shape index (κ3) is 5.64. The van der Waals surface area contributed by atoms with Crippen molar-refractivity contribution in [1.29, 1.82) is 0 Å². The van der Waals surface area contributed by atoms with E-state index < -0.39 is 11.9 Å². The van der Waals surface area contributed by atoms with Gasteiger partial charge in [0, 0.05) is 17.0 Å². The highest BCUT2D eigenvalue weighted by molar-refractivity contribution is 7.80. The highest BCUT2D eigenvalue weighted by Crippen LogP contribution is 2.37. The molecule has 34 heavy (non-hydrogen) atoms. The van der Waals surface area contributed by atoms with Gasteiger partial charge >= 0.3 is 11.9 Å². The summed E-state index contributed by atoms with van der Waals surface area (Å²) < 4.78 is 20.7. The standard InChI is InChI=1S/C24H24N2O6S2/c1-5-32-23(28)16-12-20(14-9-7-6-8-10-14)34-21(16)26-24(33)25-17-13-19(30-3)18(29-2)11-15(17)22(27)31-4/h6-13H,5H2,1-4H3,(H2,25,26,33). The molecule has 0 unspecified atom stereocenters. The van der Waals surface area contributed by atoms with Gasteiger partial charge in [0.05, 0.1) is 44.8 Å². The van der Waals surface area contributed by atoms with Crippen LogP contribution in [0, 0.1) is 0 Å². The first-order valence-electron chi connectivity index (χ1n) is 10.2. The molecule has 2 aromatic carbocycles. The van der Waals surface area contributed by atoms with E-state index >= 15 is 0 Å². The van der Waals surface area contributed by atoms with Crippen LogP contribution in [0.25, 0.3) is 10.4 Å². The van der Waals surface area contributed by atoms with E-state index in [2.05, 4.69) is 10.6 Å². The number of rotatable bonds is 8. The number of esters is 2. The van der Waals surface area contributed by atoms with Crippen LogP contribution in [0.1, 0.15) is 27.6 Å². The highest BCUT2D eigenvalue weighted by atomic mass is 32.1. The Hall–Kier alpha value is -3.63. The Kier molecular flexibility index (Phi) is 8.44. The van der Waals surface area contributed by atoms with E-state index in [0.717, 1.165) is 10.4 Å². The number of thiophene rings is 1. The molecule has 3 rings (SSSR count). The van der Waals surface area contributed by atoms with Crippen LogP contribution in [0.3, 0.4) is 0 Å². The molecule has 0 bridgehead atoms. The molecule has 0 atom stereocenters. The molecule has 1 aromatic heterocycles. The van der Waals surface area contributed by atoms with Crippen LogP contribution in [0.2, 0.25) is 0 Å². The minimum atomic E-state index is -0.582. The predicted molar refractivity (Wildman–Crippen MR) is 136 cm³/mol. The molecule has 2 N–H and O–H groups in total. The van der Waals surface area contributed by atoms with Crippen LogP contribution in [0.4, 0.5) is 10.7 Å². The van der Waals surface area contributed by atoms with Gasteiger partial charge in [-0.25, -0.2) is 9.59 Å². The summed E-state index contributed by atoms with van der Waals surface area (Å²) in [6, 6.07) is 14.5. The molecule has 0 aliphatic carbocycles. The third-order valence-corrected chi connectivity index (χ3v) is 5.99. The largest absolute Gasteiger partial charge is 0.493 e. The topological polar surface area (TPSA) is 95.1 Å². The van der Waals surface area contributed by atoms with Gasteiger partial charge in [0.25, 0.3) is 0 Å². The number of thiocarbonyl (C=S) groups is 1. The van der Waals surface area contributed by atoms with Crippen LogP contribution in [0.15, 0.2) is 48.5 Å². The maximum Gasteiger partial charge on any atom is 0.341 e. The molecule has 3 aromatic rings. The summed E-state index contributed by atoms with van der Waals surface area (Å²) in [5.41, 5.74) is 1.86. The van der Waals surface area contributed by atoms with Crippen LogP contribution in [0.5, 0.6) is 11.5 Å². The third-order valence-electron chi connectivity index (χ3n) is 4.69. The molecule has 0 saturated carbocycles. The zero-order chi connectivity index (χ0) is 24.7. The Bertz CT molecular complexity index is 1190. The lowest BCUT2D eigenvalue weighted by molar-refractivity contribution is 0.0527. The summed E-state index contributed by atoms with van der Waals surface area (Å²) in [4.78, 5) is 25.8. The van der Waals surface area contributed by atoms with Crippen molar-refractivity contribution in [3.8, 4) is 21.9 Å². The molecule has 0 radical (unpaired) electrons. The second kappa shape index (κ2) is 11.5. The van der Waals surface area contributed by atoms with Crippen molar-refractivity contribution in [2.75, 3.05) is 38.6 Å². The number of benzene rings is 2. The molecule has 0 amide bonds. The average Bonchev–Trinajstić information content (AvgIpc) is 3.27. The minimum Gasteiger partial charge on any atom is -0.493 e. The van der Waals surface area contributed by atoms with Gasteiger partial charge in [-0.15, -0.1) is 11.3 Å². The fourth-order valence-corrected chi connectivity index (χ4v) is 4.44. The van der Waals surface area contributed by atoms with Crippen LogP contribution < -0.4 is 20.1 Å². The smallest absolute Gasteiger partial charge is 0.341 e. The Labute approximate surface area is 206 Å². The molecule has 0 saturated heterocycles. The average molecular weight is 501 g/mol. The van der Waals surface area contributed by atoms with Crippen LogP contribution in [-0.4, -0.2) is 45.0 Å². The maximum absolute atomic E-state index is 12.6. The van der Waals surface area contributed by atoms with Gasteiger partial charge in [-0.1, -0.05) is 30.3 Å². The molecule has 0 aliphatic heterocycles. The summed E-state index contributed by atoms with van der Waals surface area (Å²) in [6.45, 7) is 1.98.